The molecule has 0 radical (unpaired) electrons. The Morgan fingerprint density at radius 3 is 2.38 bits per heavy atom. The second kappa shape index (κ2) is 8.49. The van der Waals surface area contributed by atoms with Crippen LogP contribution >= 0.6 is 0 Å². The van der Waals surface area contributed by atoms with Gasteiger partial charge >= 0.3 is 0 Å². The minimum Gasteiger partial charge on any atom is -0.345 e. The monoisotopic (exact) mass is 354 g/mol. The molecule has 140 valence electrons. The number of carbonyl (C=O) groups is 1. The van der Waals surface area contributed by atoms with Gasteiger partial charge in [0.2, 0.25) is 0 Å². The summed E-state index contributed by atoms with van der Waals surface area (Å²) in [5, 5.41) is 10.3. The van der Waals surface area contributed by atoms with Crippen molar-refractivity contribution < 1.29 is 4.79 Å². The number of hydrogen-bond donors (Lipinski definition) is 2. The number of H-pyrrole nitrogens is 1. The summed E-state index contributed by atoms with van der Waals surface area (Å²) in [5.74, 6) is -0.0428. The lowest BCUT2D eigenvalue weighted by Crippen LogP contribution is -2.27. The molecule has 2 aromatic rings. The van der Waals surface area contributed by atoms with Gasteiger partial charge in [-0.25, -0.2) is 0 Å². The van der Waals surface area contributed by atoms with Crippen LogP contribution in [-0.2, 0) is 6.54 Å². The van der Waals surface area contributed by atoms with E-state index in [1.165, 1.54) is 44.3 Å². The summed E-state index contributed by atoms with van der Waals surface area (Å²) in [6, 6.07) is 7.96. The van der Waals surface area contributed by atoms with Crippen LogP contribution in [0.25, 0.3) is 0 Å². The van der Waals surface area contributed by atoms with Gasteiger partial charge in [0.05, 0.1) is 11.7 Å². The number of likely N-dealkylation sites (tertiary alicyclic amines) is 1. The van der Waals surface area contributed by atoms with Crippen molar-refractivity contribution in [2.45, 2.75) is 59.0 Å². The minimum atomic E-state index is -0.0713. The zero-order valence-electron chi connectivity index (χ0n) is 16.1. The lowest BCUT2D eigenvalue weighted by molar-refractivity contribution is 0.0939. The first-order valence-electron chi connectivity index (χ1n) is 9.68. The largest absolute Gasteiger partial charge is 0.345 e. The predicted octanol–water partition coefficient (Wildman–Crippen LogP) is 3.89. The molecule has 1 fully saturated rings. The van der Waals surface area contributed by atoms with Crippen molar-refractivity contribution in [1.82, 2.24) is 20.4 Å². The van der Waals surface area contributed by atoms with Gasteiger partial charge in [-0.3, -0.25) is 14.8 Å². The summed E-state index contributed by atoms with van der Waals surface area (Å²) in [5.41, 5.74) is 4.98. The molecule has 2 heterocycles. The van der Waals surface area contributed by atoms with E-state index in [2.05, 4.69) is 32.5 Å². The number of hydrogen-bond acceptors (Lipinski definition) is 3. The minimum absolute atomic E-state index is 0.0428. The molecule has 5 nitrogen and oxygen atoms in total. The molecule has 2 N–H and O–H groups in total. The zero-order chi connectivity index (χ0) is 18.5. The molecule has 1 saturated heterocycles. The average molecular weight is 354 g/mol. The molecular weight excluding hydrogens is 324 g/mol. The van der Waals surface area contributed by atoms with Crippen LogP contribution in [0.3, 0.4) is 0 Å². The Hall–Kier alpha value is -2.14. The first-order valence-corrected chi connectivity index (χ1v) is 9.68. The molecule has 1 unspecified atom stereocenters. The fraction of sp³-hybridized carbons (Fsp3) is 0.524. The fourth-order valence-corrected chi connectivity index (χ4v) is 3.86. The van der Waals surface area contributed by atoms with Crippen molar-refractivity contribution in [1.29, 1.82) is 0 Å². The van der Waals surface area contributed by atoms with E-state index in [1.54, 1.807) is 0 Å². The summed E-state index contributed by atoms with van der Waals surface area (Å²) in [7, 11) is 0. The van der Waals surface area contributed by atoms with E-state index in [1.807, 2.05) is 32.9 Å². The second-order valence-corrected chi connectivity index (χ2v) is 7.43. The van der Waals surface area contributed by atoms with Crippen molar-refractivity contribution in [3.8, 4) is 0 Å². The van der Waals surface area contributed by atoms with E-state index in [9.17, 15) is 4.79 Å². The number of amides is 1. The van der Waals surface area contributed by atoms with Gasteiger partial charge in [0, 0.05) is 23.4 Å². The molecule has 1 amide bonds. The van der Waals surface area contributed by atoms with Crippen LogP contribution in [0.5, 0.6) is 0 Å². The first kappa shape index (κ1) is 18.6. The number of nitrogens with one attached hydrogen (secondary N) is 2. The molecule has 1 aromatic carbocycles. The molecule has 26 heavy (non-hydrogen) atoms. The van der Waals surface area contributed by atoms with Crippen LogP contribution in [0, 0.1) is 13.8 Å². The molecule has 0 aliphatic carbocycles. The Balaban J connectivity index is 1.59. The van der Waals surface area contributed by atoms with Crippen LogP contribution in [-0.4, -0.2) is 34.1 Å². The Kier molecular flexibility index (Phi) is 6.09. The van der Waals surface area contributed by atoms with Crippen molar-refractivity contribution in [2.24, 2.45) is 0 Å². The maximum atomic E-state index is 12.6. The SMILES string of the molecule is Cc1n[nH]c(C)c1C(C)NC(=O)c1ccc(CN2CCCCCC2)cc1. The van der Waals surface area contributed by atoms with E-state index in [-0.39, 0.29) is 11.9 Å². The zero-order valence-corrected chi connectivity index (χ0v) is 16.1. The third-order valence-corrected chi connectivity index (χ3v) is 5.29. The van der Waals surface area contributed by atoms with Gasteiger partial charge in [-0.2, -0.15) is 5.10 Å². The summed E-state index contributed by atoms with van der Waals surface area (Å²) in [4.78, 5) is 15.1. The average Bonchev–Trinajstić information content (AvgIpc) is 2.81. The third-order valence-electron chi connectivity index (χ3n) is 5.29. The normalized spacial score (nSPS) is 16.9. The molecule has 5 heteroatoms. The summed E-state index contributed by atoms with van der Waals surface area (Å²) < 4.78 is 0. The lowest BCUT2D eigenvalue weighted by atomic mass is 10.1. The number of aromatic nitrogens is 2. The smallest absolute Gasteiger partial charge is 0.251 e. The topological polar surface area (TPSA) is 61.0 Å². The first-order chi connectivity index (χ1) is 12.5. The van der Waals surface area contributed by atoms with Crippen molar-refractivity contribution >= 4 is 5.91 Å². The highest BCUT2D eigenvalue weighted by atomic mass is 16.1. The highest BCUT2D eigenvalue weighted by Crippen LogP contribution is 2.20. The van der Waals surface area contributed by atoms with Crippen LogP contribution in [0.4, 0.5) is 0 Å². The molecule has 1 aliphatic rings. The standard InChI is InChI=1S/C21H30N4O/c1-15(20-16(2)23-24-17(20)3)22-21(26)19-10-8-18(9-11-19)14-25-12-6-4-5-7-13-25/h8-11,15H,4-7,12-14H2,1-3H3,(H,22,26)(H,23,24). The van der Waals surface area contributed by atoms with Crippen molar-refractivity contribution in [2.75, 3.05) is 13.1 Å². The van der Waals surface area contributed by atoms with E-state index < -0.39 is 0 Å². The number of benzene rings is 1. The van der Waals surface area contributed by atoms with Crippen LogP contribution < -0.4 is 5.32 Å². The number of aromatic amines is 1. The molecule has 1 aliphatic heterocycles. The highest BCUT2D eigenvalue weighted by molar-refractivity contribution is 5.94. The summed E-state index contributed by atoms with van der Waals surface area (Å²) in [6.45, 7) is 9.28. The number of nitrogens with zero attached hydrogens (tertiary/aromatic N) is 2. The Morgan fingerprint density at radius 2 is 1.81 bits per heavy atom. The maximum absolute atomic E-state index is 12.6. The van der Waals surface area contributed by atoms with Gasteiger partial charge in [-0.1, -0.05) is 25.0 Å². The van der Waals surface area contributed by atoms with Gasteiger partial charge < -0.3 is 5.32 Å². The lowest BCUT2D eigenvalue weighted by Gasteiger charge is -2.20. The van der Waals surface area contributed by atoms with Gasteiger partial charge in [0.15, 0.2) is 0 Å². The molecular formula is C21H30N4O. The summed E-state index contributed by atoms with van der Waals surface area (Å²) >= 11 is 0. The van der Waals surface area contributed by atoms with E-state index in [4.69, 9.17) is 0 Å². The van der Waals surface area contributed by atoms with Crippen LogP contribution in [0.1, 0.15) is 71.5 Å². The Labute approximate surface area is 156 Å². The van der Waals surface area contributed by atoms with E-state index in [0.29, 0.717) is 5.56 Å². The van der Waals surface area contributed by atoms with Crippen LogP contribution in [0.15, 0.2) is 24.3 Å². The van der Waals surface area contributed by atoms with Crippen molar-refractivity contribution in [3.63, 3.8) is 0 Å². The predicted molar refractivity (Wildman–Crippen MR) is 104 cm³/mol. The van der Waals surface area contributed by atoms with Gasteiger partial charge in [-0.05, 0) is 64.4 Å². The molecule has 0 spiro atoms. The maximum Gasteiger partial charge on any atom is 0.251 e. The molecule has 1 aromatic heterocycles. The number of rotatable bonds is 5. The fourth-order valence-electron chi connectivity index (χ4n) is 3.86. The quantitative estimate of drug-likeness (QED) is 0.856. The number of aryl methyl sites for hydroxylation is 2. The molecule has 3 rings (SSSR count). The van der Waals surface area contributed by atoms with Crippen molar-refractivity contribution in [3.05, 3.63) is 52.3 Å². The molecule has 0 bridgehead atoms. The van der Waals surface area contributed by atoms with Gasteiger partial charge in [-0.15, -0.1) is 0 Å². The van der Waals surface area contributed by atoms with E-state index in [0.717, 1.165) is 23.5 Å². The summed E-state index contributed by atoms with van der Waals surface area (Å²) in [6.07, 6.45) is 5.29. The van der Waals surface area contributed by atoms with Gasteiger partial charge in [0.25, 0.3) is 5.91 Å². The second-order valence-electron chi connectivity index (χ2n) is 7.43. The Morgan fingerprint density at radius 1 is 1.15 bits per heavy atom. The Bertz CT molecular complexity index is 707. The van der Waals surface area contributed by atoms with Gasteiger partial charge in [0.1, 0.15) is 0 Å². The molecule has 1 atom stereocenters. The van der Waals surface area contributed by atoms with E-state index >= 15 is 0 Å². The van der Waals surface area contributed by atoms with Crippen LogP contribution in [0.2, 0.25) is 0 Å². The molecule has 0 saturated carbocycles. The number of carbonyl (C=O) groups excluding carboxylic acids is 1. The third kappa shape index (κ3) is 4.52. The highest BCUT2D eigenvalue weighted by Gasteiger charge is 2.17.